The molecule has 0 bridgehead atoms. The summed E-state index contributed by atoms with van der Waals surface area (Å²) >= 11 is 0. The molecule has 98 valence electrons. The van der Waals surface area contributed by atoms with Crippen molar-refractivity contribution >= 4 is 11.8 Å². The largest absolute Gasteiger partial charge is 0.348 e. The summed E-state index contributed by atoms with van der Waals surface area (Å²) < 4.78 is 0. The van der Waals surface area contributed by atoms with Crippen LogP contribution >= 0.6 is 0 Å². The van der Waals surface area contributed by atoms with E-state index in [-0.39, 0.29) is 6.04 Å². The molecule has 2 amide bonds. The molecule has 0 unspecified atom stereocenters. The van der Waals surface area contributed by atoms with E-state index in [2.05, 4.69) is 10.6 Å². The van der Waals surface area contributed by atoms with Crippen molar-refractivity contribution < 1.29 is 9.59 Å². The summed E-state index contributed by atoms with van der Waals surface area (Å²) in [7, 11) is 0. The first-order valence-electron chi connectivity index (χ1n) is 6.26. The van der Waals surface area contributed by atoms with E-state index in [4.69, 9.17) is 0 Å². The molecule has 4 heteroatoms. The highest BCUT2D eigenvalue weighted by molar-refractivity contribution is 6.35. The van der Waals surface area contributed by atoms with Crippen molar-refractivity contribution in [2.45, 2.75) is 32.7 Å². The Morgan fingerprint density at radius 3 is 2.44 bits per heavy atom. The minimum Gasteiger partial charge on any atom is -0.348 e. The predicted molar refractivity (Wildman–Crippen MR) is 71.1 cm³/mol. The number of amides is 2. The van der Waals surface area contributed by atoms with Gasteiger partial charge in [-0.15, -0.1) is 0 Å². The van der Waals surface area contributed by atoms with Crippen LogP contribution in [0, 0.1) is 0 Å². The second-order valence-corrected chi connectivity index (χ2v) is 4.27. The molecule has 0 heterocycles. The molecule has 1 atom stereocenters. The van der Waals surface area contributed by atoms with Gasteiger partial charge in [-0.05, 0) is 25.3 Å². The Morgan fingerprint density at radius 2 is 1.83 bits per heavy atom. The second kappa shape index (κ2) is 7.48. The molecule has 2 N–H and O–H groups in total. The summed E-state index contributed by atoms with van der Waals surface area (Å²) in [6.07, 6.45) is 1.53. The highest BCUT2D eigenvalue weighted by Gasteiger charge is 2.14. The molecule has 1 rings (SSSR count). The van der Waals surface area contributed by atoms with Gasteiger partial charge in [-0.3, -0.25) is 9.59 Å². The Bertz CT molecular complexity index is 390. The summed E-state index contributed by atoms with van der Waals surface area (Å²) in [5, 5.41) is 5.24. The molecule has 0 aliphatic rings. The van der Waals surface area contributed by atoms with Crippen LogP contribution in [-0.2, 0) is 16.0 Å². The average molecular weight is 248 g/mol. The molecule has 1 aromatic carbocycles. The molecule has 4 nitrogen and oxygen atoms in total. The third-order valence-corrected chi connectivity index (χ3v) is 2.74. The van der Waals surface area contributed by atoms with Crippen LogP contribution in [0.3, 0.4) is 0 Å². The standard InChI is InChI=1S/C14H20N2O2/c1-3-11(2)16-14(18)13(17)15-10-9-12-7-5-4-6-8-12/h4-8,11H,3,9-10H2,1-2H3,(H,15,17)(H,16,18)/t11-/m0/s1. The number of hydrogen-bond acceptors (Lipinski definition) is 2. The third-order valence-electron chi connectivity index (χ3n) is 2.74. The lowest BCUT2D eigenvalue weighted by atomic mass is 10.1. The van der Waals surface area contributed by atoms with Crippen LogP contribution in [0.15, 0.2) is 30.3 Å². The monoisotopic (exact) mass is 248 g/mol. The van der Waals surface area contributed by atoms with Crippen molar-refractivity contribution in [2.24, 2.45) is 0 Å². The van der Waals surface area contributed by atoms with Crippen molar-refractivity contribution in [3.05, 3.63) is 35.9 Å². The number of nitrogens with one attached hydrogen (secondary N) is 2. The summed E-state index contributed by atoms with van der Waals surface area (Å²) in [6, 6.07) is 9.86. The van der Waals surface area contributed by atoms with Gasteiger partial charge in [0.25, 0.3) is 0 Å². The molecule has 0 aliphatic heterocycles. The lowest BCUT2D eigenvalue weighted by Crippen LogP contribution is -2.43. The van der Waals surface area contributed by atoms with E-state index in [1.807, 2.05) is 44.2 Å². The Morgan fingerprint density at radius 1 is 1.17 bits per heavy atom. The van der Waals surface area contributed by atoms with Gasteiger partial charge >= 0.3 is 11.8 Å². The van der Waals surface area contributed by atoms with E-state index in [9.17, 15) is 9.59 Å². The average Bonchev–Trinajstić information content (AvgIpc) is 2.39. The van der Waals surface area contributed by atoms with Crippen molar-refractivity contribution in [3.63, 3.8) is 0 Å². The number of benzene rings is 1. The van der Waals surface area contributed by atoms with Crippen molar-refractivity contribution in [1.29, 1.82) is 0 Å². The fraction of sp³-hybridized carbons (Fsp3) is 0.429. The lowest BCUT2D eigenvalue weighted by molar-refractivity contribution is -0.139. The van der Waals surface area contributed by atoms with Crippen LogP contribution in [0.25, 0.3) is 0 Å². The Hall–Kier alpha value is -1.84. The zero-order valence-corrected chi connectivity index (χ0v) is 10.9. The van der Waals surface area contributed by atoms with E-state index in [0.29, 0.717) is 6.54 Å². The maximum atomic E-state index is 11.5. The van der Waals surface area contributed by atoms with Gasteiger partial charge in [0.15, 0.2) is 0 Å². The van der Waals surface area contributed by atoms with Gasteiger partial charge in [0.2, 0.25) is 0 Å². The summed E-state index contributed by atoms with van der Waals surface area (Å²) in [4.78, 5) is 22.9. The van der Waals surface area contributed by atoms with Crippen LogP contribution < -0.4 is 10.6 Å². The maximum absolute atomic E-state index is 11.5. The zero-order chi connectivity index (χ0) is 13.4. The maximum Gasteiger partial charge on any atom is 0.309 e. The van der Waals surface area contributed by atoms with Gasteiger partial charge < -0.3 is 10.6 Å². The zero-order valence-electron chi connectivity index (χ0n) is 10.9. The molecule has 0 saturated heterocycles. The van der Waals surface area contributed by atoms with E-state index in [1.54, 1.807) is 0 Å². The highest BCUT2D eigenvalue weighted by atomic mass is 16.2. The van der Waals surface area contributed by atoms with Crippen LogP contribution in [0.4, 0.5) is 0 Å². The minimum absolute atomic E-state index is 0.0253. The SMILES string of the molecule is CC[C@H](C)NC(=O)C(=O)NCCc1ccccc1. The highest BCUT2D eigenvalue weighted by Crippen LogP contribution is 1.98. The number of hydrogen-bond donors (Lipinski definition) is 2. The van der Waals surface area contributed by atoms with E-state index >= 15 is 0 Å². The van der Waals surface area contributed by atoms with E-state index in [0.717, 1.165) is 18.4 Å². The number of carbonyl (C=O) groups is 2. The third kappa shape index (κ3) is 4.99. The molecular weight excluding hydrogens is 228 g/mol. The molecule has 0 saturated carbocycles. The van der Waals surface area contributed by atoms with Crippen LogP contribution in [-0.4, -0.2) is 24.4 Å². The molecule has 0 fully saturated rings. The van der Waals surface area contributed by atoms with Crippen molar-refractivity contribution in [2.75, 3.05) is 6.54 Å². The van der Waals surface area contributed by atoms with Crippen LogP contribution in [0.1, 0.15) is 25.8 Å². The molecule has 1 aromatic rings. The first kappa shape index (κ1) is 14.2. The van der Waals surface area contributed by atoms with Gasteiger partial charge in [0, 0.05) is 12.6 Å². The van der Waals surface area contributed by atoms with Crippen LogP contribution in [0.2, 0.25) is 0 Å². The van der Waals surface area contributed by atoms with Gasteiger partial charge in [-0.25, -0.2) is 0 Å². The van der Waals surface area contributed by atoms with E-state index < -0.39 is 11.8 Å². The first-order chi connectivity index (χ1) is 8.63. The predicted octanol–water partition coefficient (Wildman–Crippen LogP) is 1.26. The summed E-state index contributed by atoms with van der Waals surface area (Å²) in [6.45, 7) is 4.30. The summed E-state index contributed by atoms with van der Waals surface area (Å²) in [5.41, 5.74) is 1.14. The van der Waals surface area contributed by atoms with E-state index in [1.165, 1.54) is 0 Å². The second-order valence-electron chi connectivity index (χ2n) is 4.27. The fourth-order valence-corrected chi connectivity index (χ4v) is 1.44. The Balaban J connectivity index is 2.27. The quantitative estimate of drug-likeness (QED) is 0.771. The normalized spacial score (nSPS) is 11.7. The smallest absolute Gasteiger partial charge is 0.309 e. The van der Waals surface area contributed by atoms with Gasteiger partial charge in [0.1, 0.15) is 0 Å². The Kier molecular flexibility index (Phi) is 5.91. The molecular formula is C14H20N2O2. The van der Waals surface area contributed by atoms with Gasteiger partial charge in [-0.1, -0.05) is 37.3 Å². The molecule has 0 aliphatic carbocycles. The first-order valence-corrected chi connectivity index (χ1v) is 6.26. The summed E-state index contributed by atoms with van der Waals surface area (Å²) in [5.74, 6) is -1.12. The van der Waals surface area contributed by atoms with Gasteiger partial charge in [-0.2, -0.15) is 0 Å². The van der Waals surface area contributed by atoms with Crippen molar-refractivity contribution in [3.8, 4) is 0 Å². The fourth-order valence-electron chi connectivity index (χ4n) is 1.44. The molecule has 0 aromatic heterocycles. The van der Waals surface area contributed by atoms with Crippen LogP contribution in [0.5, 0.6) is 0 Å². The van der Waals surface area contributed by atoms with Crippen molar-refractivity contribution in [1.82, 2.24) is 10.6 Å². The molecule has 18 heavy (non-hydrogen) atoms. The number of rotatable bonds is 5. The van der Waals surface area contributed by atoms with Gasteiger partial charge in [0.05, 0.1) is 0 Å². The number of carbonyl (C=O) groups excluding carboxylic acids is 2. The molecule has 0 radical (unpaired) electrons. The molecule has 0 spiro atoms. The minimum atomic E-state index is -0.564. The topological polar surface area (TPSA) is 58.2 Å². The lowest BCUT2D eigenvalue weighted by Gasteiger charge is -2.11. The Labute approximate surface area is 108 Å².